The number of hydrogen-bond acceptors (Lipinski definition) is 2. The molecule has 0 radical (unpaired) electrons. The van der Waals surface area contributed by atoms with Gasteiger partial charge >= 0.3 is 0 Å². The van der Waals surface area contributed by atoms with Crippen LogP contribution in [0.3, 0.4) is 0 Å². The first-order valence-corrected chi connectivity index (χ1v) is 10.7. The fourth-order valence-corrected chi connectivity index (χ4v) is 4.90. The predicted octanol–water partition coefficient (Wildman–Crippen LogP) is 4.30. The SMILES string of the molecule is Clc1cccc(/C=N\N2CC[NH+](C3c4ccccc4-c4ccccc43)CC2)c1Cl. The number of benzene rings is 3. The number of quaternary nitrogens is 1. The van der Waals surface area contributed by atoms with Gasteiger partial charge in [-0.25, -0.2) is 0 Å². The minimum Gasteiger partial charge on any atom is -0.322 e. The third kappa shape index (κ3) is 3.44. The number of hydrazone groups is 1. The summed E-state index contributed by atoms with van der Waals surface area (Å²) < 4.78 is 0. The van der Waals surface area contributed by atoms with Crippen molar-refractivity contribution in [3.05, 3.63) is 93.5 Å². The molecule has 0 aromatic heterocycles. The zero-order valence-corrected chi connectivity index (χ0v) is 17.5. The number of hydrogen-bond donors (Lipinski definition) is 1. The zero-order chi connectivity index (χ0) is 19.8. The van der Waals surface area contributed by atoms with Gasteiger partial charge in [0.05, 0.1) is 42.4 Å². The molecule has 29 heavy (non-hydrogen) atoms. The highest BCUT2D eigenvalue weighted by Crippen LogP contribution is 2.41. The van der Waals surface area contributed by atoms with Gasteiger partial charge in [0.15, 0.2) is 0 Å². The van der Waals surface area contributed by atoms with E-state index in [0.717, 1.165) is 31.7 Å². The monoisotopic (exact) mass is 422 g/mol. The maximum atomic E-state index is 6.27. The predicted molar refractivity (Wildman–Crippen MR) is 120 cm³/mol. The van der Waals surface area contributed by atoms with E-state index in [0.29, 0.717) is 16.1 Å². The highest BCUT2D eigenvalue weighted by molar-refractivity contribution is 6.43. The van der Waals surface area contributed by atoms with Crippen LogP contribution in [0.15, 0.2) is 71.8 Å². The zero-order valence-electron chi connectivity index (χ0n) is 16.0. The van der Waals surface area contributed by atoms with Crippen molar-refractivity contribution in [3.63, 3.8) is 0 Å². The molecule has 1 heterocycles. The van der Waals surface area contributed by atoms with Crippen LogP contribution in [0.4, 0.5) is 0 Å². The number of nitrogens with one attached hydrogen (secondary N) is 1. The molecule has 0 saturated carbocycles. The number of halogens is 2. The Bertz CT molecular complexity index is 1030. The van der Waals surface area contributed by atoms with E-state index in [9.17, 15) is 0 Å². The Labute approximate surface area is 181 Å². The van der Waals surface area contributed by atoms with E-state index in [4.69, 9.17) is 23.2 Å². The first-order chi connectivity index (χ1) is 14.2. The van der Waals surface area contributed by atoms with E-state index in [2.05, 4.69) is 58.6 Å². The molecule has 5 heteroatoms. The van der Waals surface area contributed by atoms with Gasteiger partial charge in [0, 0.05) is 16.7 Å². The van der Waals surface area contributed by atoms with E-state index in [1.54, 1.807) is 11.0 Å². The molecule has 0 amide bonds. The highest BCUT2D eigenvalue weighted by atomic mass is 35.5. The molecule has 3 aromatic rings. The number of nitrogens with zero attached hydrogens (tertiary/aromatic N) is 2. The summed E-state index contributed by atoms with van der Waals surface area (Å²) in [5.41, 5.74) is 6.53. The lowest BCUT2D eigenvalue weighted by Gasteiger charge is -2.34. The molecular formula is C24H22Cl2N3+. The molecule has 0 bridgehead atoms. The van der Waals surface area contributed by atoms with Crippen LogP contribution in [-0.2, 0) is 0 Å². The summed E-state index contributed by atoms with van der Waals surface area (Å²) in [5, 5.41) is 7.90. The van der Waals surface area contributed by atoms with Gasteiger partial charge in [0.2, 0.25) is 0 Å². The lowest BCUT2D eigenvalue weighted by Crippen LogP contribution is -3.14. The Balaban J connectivity index is 1.32. The molecule has 0 unspecified atom stereocenters. The first-order valence-electron chi connectivity index (χ1n) is 9.98. The van der Waals surface area contributed by atoms with Gasteiger partial charge in [-0.3, -0.25) is 5.01 Å². The molecule has 1 saturated heterocycles. The van der Waals surface area contributed by atoms with E-state index in [-0.39, 0.29) is 0 Å². The molecular weight excluding hydrogens is 401 g/mol. The van der Waals surface area contributed by atoms with Crippen LogP contribution in [0.5, 0.6) is 0 Å². The lowest BCUT2D eigenvalue weighted by molar-refractivity contribution is -0.929. The largest absolute Gasteiger partial charge is 0.322 e. The average Bonchev–Trinajstić information content (AvgIpc) is 3.10. The molecule has 3 nitrogen and oxygen atoms in total. The number of fused-ring (bicyclic) bond motifs is 3. The Kier molecular flexibility index (Phi) is 5.04. The third-order valence-electron chi connectivity index (χ3n) is 5.97. The summed E-state index contributed by atoms with van der Waals surface area (Å²) in [6, 6.07) is 23.7. The second-order valence-electron chi connectivity index (χ2n) is 7.61. The normalized spacial score (nSPS) is 17.0. The number of rotatable bonds is 3. The van der Waals surface area contributed by atoms with Crippen LogP contribution in [0.1, 0.15) is 22.7 Å². The fourth-order valence-electron chi connectivity index (χ4n) is 4.55. The van der Waals surface area contributed by atoms with Gasteiger partial charge in [0.25, 0.3) is 0 Å². The summed E-state index contributed by atoms with van der Waals surface area (Å²) in [4.78, 5) is 1.61. The van der Waals surface area contributed by atoms with Crippen molar-refractivity contribution >= 4 is 29.4 Å². The van der Waals surface area contributed by atoms with E-state index >= 15 is 0 Å². The summed E-state index contributed by atoms with van der Waals surface area (Å²) >= 11 is 12.4. The van der Waals surface area contributed by atoms with Crippen molar-refractivity contribution in [1.29, 1.82) is 0 Å². The molecule has 2 aliphatic rings. The van der Waals surface area contributed by atoms with Gasteiger partial charge in [-0.2, -0.15) is 5.10 Å². The molecule has 146 valence electrons. The minimum atomic E-state index is 0.413. The van der Waals surface area contributed by atoms with Crippen LogP contribution in [-0.4, -0.2) is 37.4 Å². The van der Waals surface area contributed by atoms with Crippen molar-refractivity contribution in [3.8, 4) is 11.1 Å². The van der Waals surface area contributed by atoms with Gasteiger partial charge in [0.1, 0.15) is 6.04 Å². The molecule has 3 aromatic carbocycles. The smallest absolute Gasteiger partial charge is 0.140 e. The minimum absolute atomic E-state index is 0.413. The lowest BCUT2D eigenvalue weighted by atomic mass is 10.0. The van der Waals surface area contributed by atoms with Crippen LogP contribution >= 0.6 is 23.2 Å². The van der Waals surface area contributed by atoms with Crippen LogP contribution < -0.4 is 4.90 Å². The molecule has 1 aliphatic heterocycles. The van der Waals surface area contributed by atoms with Crippen molar-refractivity contribution in [1.82, 2.24) is 5.01 Å². The van der Waals surface area contributed by atoms with Gasteiger partial charge in [-0.1, -0.05) is 83.9 Å². The Morgan fingerprint density at radius 2 is 1.45 bits per heavy atom. The summed E-state index contributed by atoms with van der Waals surface area (Å²) in [5.74, 6) is 0. The van der Waals surface area contributed by atoms with Gasteiger partial charge < -0.3 is 4.90 Å². The number of piperazine rings is 1. The first kappa shape index (κ1) is 18.7. The van der Waals surface area contributed by atoms with E-state index < -0.39 is 0 Å². The third-order valence-corrected chi connectivity index (χ3v) is 6.80. The van der Waals surface area contributed by atoms with E-state index in [1.807, 2.05) is 18.3 Å². The van der Waals surface area contributed by atoms with Gasteiger partial charge in [-0.15, -0.1) is 0 Å². The topological polar surface area (TPSA) is 20.0 Å². The molecule has 1 aliphatic carbocycles. The Hall–Kier alpha value is -2.33. The second kappa shape index (κ2) is 7.83. The van der Waals surface area contributed by atoms with Crippen LogP contribution in [0.25, 0.3) is 11.1 Å². The van der Waals surface area contributed by atoms with Crippen molar-refractivity contribution in [2.45, 2.75) is 6.04 Å². The second-order valence-corrected chi connectivity index (χ2v) is 8.39. The van der Waals surface area contributed by atoms with Crippen LogP contribution in [0, 0.1) is 0 Å². The molecule has 0 spiro atoms. The van der Waals surface area contributed by atoms with Crippen molar-refractivity contribution in [2.24, 2.45) is 5.10 Å². The Morgan fingerprint density at radius 1 is 0.828 bits per heavy atom. The van der Waals surface area contributed by atoms with Crippen LogP contribution in [0.2, 0.25) is 10.0 Å². The maximum absolute atomic E-state index is 6.27. The standard InChI is InChI=1S/C24H21Cl2N3/c25-22-11-5-6-17(23(22)26)16-27-29-14-12-28(13-15-29)24-20-9-3-1-7-18(20)19-8-2-4-10-21(19)24/h1-11,16,24H,12-15H2/p+1/b27-16-. The summed E-state index contributed by atoms with van der Waals surface area (Å²) in [6.45, 7) is 3.94. The Morgan fingerprint density at radius 3 is 2.10 bits per heavy atom. The van der Waals surface area contributed by atoms with E-state index in [1.165, 1.54) is 22.3 Å². The summed E-state index contributed by atoms with van der Waals surface area (Å²) in [6.07, 6.45) is 1.82. The van der Waals surface area contributed by atoms with Gasteiger partial charge in [-0.05, 0) is 17.2 Å². The molecule has 1 fully saturated rings. The summed E-state index contributed by atoms with van der Waals surface area (Å²) in [7, 11) is 0. The molecule has 0 atom stereocenters. The van der Waals surface area contributed by atoms with Crippen molar-refractivity contribution in [2.75, 3.05) is 26.2 Å². The molecule has 5 rings (SSSR count). The quantitative estimate of drug-likeness (QED) is 0.623. The average molecular weight is 423 g/mol. The van der Waals surface area contributed by atoms with Crippen molar-refractivity contribution < 1.29 is 4.90 Å². The fraction of sp³-hybridized carbons (Fsp3) is 0.208. The highest BCUT2D eigenvalue weighted by Gasteiger charge is 2.37. The maximum Gasteiger partial charge on any atom is 0.140 e. The molecule has 1 N–H and O–H groups in total.